The first-order valence-corrected chi connectivity index (χ1v) is 10.7. The highest BCUT2D eigenvalue weighted by atomic mass is 127. The van der Waals surface area contributed by atoms with E-state index in [9.17, 15) is 0 Å². The Balaban J connectivity index is 0.00000450. The first-order chi connectivity index (χ1) is 14.1. The van der Waals surface area contributed by atoms with E-state index in [1.54, 1.807) is 33.1 Å². The summed E-state index contributed by atoms with van der Waals surface area (Å²) in [5.74, 6) is 2.59. The number of benzene rings is 2. The number of ether oxygens (including phenoxy) is 3. The van der Waals surface area contributed by atoms with E-state index in [0.29, 0.717) is 30.3 Å². The predicted molar refractivity (Wildman–Crippen MR) is 136 cm³/mol. The van der Waals surface area contributed by atoms with Crippen molar-refractivity contribution in [2.24, 2.45) is 4.99 Å². The van der Waals surface area contributed by atoms with Gasteiger partial charge in [0.1, 0.15) is 0 Å². The number of aliphatic imine (C=N–C) groups is 1. The van der Waals surface area contributed by atoms with Gasteiger partial charge >= 0.3 is 0 Å². The Kier molecular flexibility index (Phi) is 11.8. The third kappa shape index (κ3) is 7.16. The predicted octanol–water partition coefficient (Wildman–Crippen LogP) is 4.62. The Morgan fingerprint density at radius 2 is 1.67 bits per heavy atom. The highest BCUT2D eigenvalue weighted by Crippen LogP contribution is 2.38. The Morgan fingerprint density at radius 1 is 1.00 bits per heavy atom. The zero-order chi connectivity index (χ0) is 21.2. The van der Waals surface area contributed by atoms with Crippen molar-refractivity contribution in [2.75, 3.05) is 34.1 Å². The van der Waals surface area contributed by atoms with E-state index in [1.807, 2.05) is 12.1 Å². The Hall–Kier alpha value is -1.81. The highest BCUT2D eigenvalue weighted by molar-refractivity contribution is 14.0. The largest absolute Gasteiger partial charge is 0.493 e. The first kappa shape index (κ1) is 26.2. The van der Waals surface area contributed by atoms with Crippen molar-refractivity contribution in [1.82, 2.24) is 10.6 Å². The van der Waals surface area contributed by atoms with E-state index in [-0.39, 0.29) is 24.0 Å². The molecule has 8 heteroatoms. The van der Waals surface area contributed by atoms with E-state index >= 15 is 0 Å². The lowest BCUT2D eigenvalue weighted by Gasteiger charge is -2.15. The Bertz CT molecular complexity index is 821. The molecule has 2 aromatic carbocycles. The maximum absolute atomic E-state index is 5.43. The third-order valence-corrected chi connectivity index (χ3v) is 5.20. The van der Waals surface area contributed by atoms with E-state index in [2.05, 4.69) is 48.9 Å². The van der Waals surface area contributed by atoms with E-state index in [0.717, 1.165) is 18.1 Å². The van der Waals surface area contributed by atoms with Crippen LogP contribution in [0.15, 0.2) is 40.2 Å². The quantitative estimate of drug-likeness (QED) is 0.208. The van der Waals surface area contributed by atoms with Crippen LogP contribution in [0.2, 0.25) is 0 Å². The van der Waals surface area contributed by atoms with Crippen molar-refractivity contribution in [3.8, 4) is 17.2 Å². The van der Waals surface area contributed by atoms with Gasteiger partial charge < -0.3 is 24.8 Å². The molecular weight excluding hydrogens is 513 g/mol. The molecular formula is C22H32IN3O3S. The summed E-state index contributed by atoms with van der Waals surface area (Å²) in [6.07, 6.45) is 2.10. The van der Waals surface area contributed by atoms with E-state index < -0.39 is 0 Å². The van der Waals surface area contributed by atoms with Crippen LogP contribution < -0.4 is 24.8 Å². The van der Waals surface area contributed by atoms with Gasteiger partial charge in [-0.2, -0.15) is 0 Å². The van der Waals surface area contributed by atoms with Gasteiger partial charge in [0.05, 0.1) is 27.9 Å². The molecule has 0 aromatic heterocycles. The molecule has 6 nitrogen and oxygen atoms in total. The molecule has 0 unspecified atom stereocenters. The van der Waals surface area contributed by atoms with Gasteiger partial charge in [-0.3, -0.25) is 0 Å². The summed E-state index contributed by atoms with van der Waals surface area (Å²) in [4.78, 5) is 5.99. The van der Waals surface area contributed by atoms with Gasteiger partial charge in [-0.15, -0.1) is 35.7 Å². The van der Waals surface area contributed by atoms with Crippen molar-refractivity contribution < 1.29 is 14.2 Å². The van der Waals surface area contributed by atoms with E-state index in [4.69, 9.17) is 19.2 Å². The molecule has 0 radical (unpaired) electrons. The molecule has 0 atom stereocenters. The second-order valence-electron chi connectivity index (χ2n) is 6.40. The molecule has 0 saturated heterocycles. The number of halogens is 1. The average Bonchev–Trinajstić information content (AvgIpc) is 2.75. The molecule has 0 aliphatic heterocycles. The molecule has 0 spiro atoms. The number of hydrogen-bond donors (Lipinski definition) is 2. The summed E-state index contributed by atoms with van der Waals surface area (Å²) in [5, 5.41) is 6.72. The number of nitrogens with one attached hydrogen (secondary N) is 2. The smallest absolute Gasteiger partial charge is 0.203 e. The van der Waals surface area contributed by atoms with Gasteiger partial charge in [-0.25, -0.2) is 4.99 Å². The first-order valence-electron chi connectivity index (χ1n) is 9.50. The van der Waals surface area contributed by atoms with Crippen LogP contribution in [0.3, 0.4) is 0 Å². The average molecular weight is 545 g/mol. The number of nitrogens with zero attached hydrogens (tertiary/aromatic N) is 1. The van der Waals surface area contributed by atoms with Gasteiger partial charge in [-0.05, 0) is 55.0 Å². The molecule has 2 aromatic rings. The van der Waals surface area contributed by atoms with Crippen LogP contribution in [0, 0.1) is 6.92 Å². The number of aryl methyl sites for hydroxylation is 1. The lowest BCUT2D eigenvalue weighted by molar-refractivity contribution is 0.324. The van der Waals surface area contributed by atoms with Crippen molar-refractivity contribution in [2.45, 2.75) is 31.8 Å². The zero-order valence-electron chi connectivity index (χ0n) is 18.5. The summed E-state index contributed by atoms with van der Waals surface area (Å²) in [7, 11) is 4.82. The molecule has 0 amide bonds. The SMILES string of the molecule is CCNC(=NCc1cc(OC)c(OC)c(OC)c1)NCc1ccc(C)cc1SC.I. The summed E-state index contributed by atoms with van der Waals surface area (Å²) in [6, 6.07) is 10.3. The fourth-order valence-corrected chi connectivity index (χ4v) is 3.62. The molecule has 0 saturated carbocycles. The molecule has 2 rings (SSSR count). The maximum Gasteiger partial charge on any atom is 0.203 e. The van der Waals surface area contributed by atoms with Crippen molar-refractivity contribution in [3.63, 3.8) is 0 Å². The molecule has 30 heavy (non-hydrogen) atoms. The van der Waals surface area contributed by atoms with Gasteiger partial charge in [-0.1, -0.05) is 12.1 Å². The zero-order valence-corrected chi connectivity index (χ0v) is 21.6. The highest BCUT2D eigenvalue weighted by Gasteiger charge is 2.13. The minimum absolute atomic E-state index is 0. The fourth-order valence-electron chi connectivity index (χ4n) is 2.92. The monoisotopic (exact) mass is 545 g/mol. The summed E-state index contributed by atoms with van der Waals surface area (Å²) in [6.45, 7) is 6.13. The topological polar surface area (TPSA) is 64.1 Å². The summed E-state index contributed by atoms with van der Waals surface area (Å²) in [5.41, 5.74) is 3.49. The maximum atomic E-state index is 5.43. The molecule has 0 heterocycles. The Labute approximate surface area is 201 Å². The second-order valence-corrected chi connectivity index (χ2v) is 7.25. The molecule has 0 fully saturated rings. The van der Waals surface area contributed by atoms with Crippen LogP contribution in [-0.4, -0.2) is 40.1 Å². The molecule has 2 N–H and O–H groups in total. The van der Waals surface area contributed by atoms with Crippen LogP contribution in [0.5, 0.6) is 17.2 Å². The molecule has 0 aliphatic rings. The lowest BCUT2D eigenvalue weighted by atomic mass is 10.1. The van der Waals surface area contributed by atoms with Gasteiger partial charge in [0.25, 0.3) is 0 Å². The van der Waals surface area contributed by atoms with Crippen LogP contribution in [0.4, 0.5) is 0 Å². The Morgan fingerprint density at radius 3 is 2.20 bits per heavy atom. The minimum Gasteiger partial charge on any atom is -0.493 e. The number of methoxy groups -OCH3 is 3. The van der Waals surface area contributed by atoms with Crippen LogP contribution in [0.1, 0.15) is 23.6 Å². The van der Waals surface area contributed by atoms with Gasteiger partial charge in [0, 0.05) is 18.0 Å². The second kappa shape index (κ2) is 13.5. The van der Waals surface area contributed by atoms with Crippen molar-refractivity contribution in [1.29, 1.82) is 0 Å². The lowest BCUT2D eigenvalue weighted by Crippen LogP contribution is -2.36. The number of hydrogen-bond acceptors (Lipinski definition) is 5. The van der Waals surface area contributed by atoms with Crippen molar-refractivity contribution >= 4 is 41.7 Å². The van der Waals surface area contributed by atoms with Crippen LogP contribution in [-0.2, 0) is 13.1 Å². The van der Waals surface area contributed by atoms with Crippen molar-refractivity contribution in [3.05, 3.63) is 47.0 Å². The summed E-state index contributed by atoms with van der Waals surface area (Å²) < 4.78 is 16.2. The fraction of sp³-hybridized carbons (Fsp3) is 0.409. The number of thioether (sulfide) groups is 1. The van der Waals surface area contributed by atoms with Gasteiger partial charge in [0.15, 0.2) is 17.5 Å². The van der Waals surface area contributed by atoms with Crippen LogP contribution >= 0.6 is 35.7 Å². The minimum atomic E-state index is 0. The van der Waals surface area contributed by atoms with Gasteiger partial charge in [0.2, 0.25) is 5.75 Å². The molecule has 166 valence electrons. The van der Waals surface area contributed by atoms with Crippen LogP contribution in [0.25, 0.3) is 0 Å². The van der Waals surface area contributed by atoms with E-state index in [1.165, 1.54) is 16.0 Å². The normalized spacial score (nSPS) is 10.8. The molecule has 0 bridgehead atoms. The number of guanidine groups is 1. The summed E-state index contributed by atoms with van der Waals surface area (Å²) >= 11 is 1.76. The number of rotatable bonds is 9. The molecule has 0 aliphatic carbocycles. The standard InChI is InChI=1S/C22H31N3O3S.HI/c1-7-23-22(25-14-17-9-8-15(2)10-20(17)29-6)24-13-16-11-18(26-3)21(28-5)19(12-16)27-4;/h8-12H,7,13-14H2,1-6H3,(H2,23,24,25);1H. The third-order valence-electron chi connectivity index (χ3n) is 4.38.